The first-order chi connectivity index (χ1) is 15.1. The minimum Gasteiger partial charge on any atom is -0.466 e. The first-order valence-electron chi connectivity index (χ1n) is 10.2. The number of hydrogen-bond acceptors (Lipinski definition) is 5. The quantitative estimate of drug-likeness (QED) is 0.599. The van der Waals surface area contributed by atoms with Gasteiger partial charge in [-0.25, -0.2) is 9.48 Å². The molecule has 0 saturated carbocycles. The SMILES string of the molecule is Cc1ccc(-n2nc(C)cc2NC(=O)CN2C(=O)NC(C)(c3cc(C)oc3C)C2=O)cc1. The Hall–Kier alpha value is -3.88. The summed E-state index contributed by atoms with van der Waals surface area (Å²) in [5, 5.41) is 9.89. The van der Waals surface area contributed by atoms with Gasteiger partial charge in [-0.15, -0.1) is 0 Å². The molecule has 2 aromatic heterocycles. The van der Waals surface area contributed by atoms with Gasteiger partial charge < -0.3 is 15.1 Å². The van der Waals surface area contributed by atoms with Crippen molar-refractivity contribution in [2.45, 2.75) is 40.2 Å². The number of benzene rings is 1. The molecule has 0 aliphatic carbocycles. The summed E-state index contributed by atoms with van der Waals surface area (Å²) in [7, 11) is 0. The highest BCUT2D eigenvalue weighted by molar-refractivity contribution is 6.10. The lowest BCUT2D eigenvalue weighted by molar-refractivity contribution is -0.133. The molecule has 4 amide bonds. The van der Waals surface area contributed by atoms with Gasteiger partial charge >= 0.3 is 6.03 Å². The first-order valence-corrected chi connectivity index (χ1v) is 10.2. The Morgan fingerprint density at radius 1 is 1.12 bits per heavy atom. The second-order valence-corrected chi connectivity index (χ2v) is 8.24. The fourth-order valence-electron chi connectivity index (χ4n) is 3.95. The summed E-state index contributed by atoms with van der Waals surface area (Å²) < 4.78 is 7.14. The molecule has 166 valence electrons. The van der Waals surface area contributed by atoms with E-state index in [0.29, 0.717) is 28.6 Å². The summed E-state index contributed by atoms with van der Waals surface area (Å²) in [6.45, 7) is 8.49. The van der Waals surface area contributed by atoms with E-state index in [9.17, 15) is 14.4 Å². The Labute approximate surface area is 185 Å². The van der Waals surface area contributed by atoms with Crippen LogP contribution in [0.25, 0.3) is 5.69 Å². The van der Waals surface area contributed by atoms with E-state index in [4.69, 9.17) is 4.42 Å². The average Bonchev–Trinajstić information content (AvgIpc) is 3.32. The van der Waals surface area contributed by atoms with Gasteiger partial charge in [-0.1, -0.05) is 17.7 Å². The number of nitrogens with one attached hydrogen (secondary N) is 2. The van der Waals surface area contributed by atoms with Crippen molar-refractivity contribution in [3.05, 3.63) is 64.7 Å². The molecular weight excluding hydrogens is 410 g/mol. The van der Waals surface area contributed by atoms with Gasteiger partial charge in [-0.2, -0.15) is 5.10 Å². The second kappa shape index (κ2) is 7.67. The lowest BCUT2D eigenvalue weighted by Gasteiger charge is -2.21. The summed E-state index contributed by atoms with van der Waals surface area (Å²) in [5.74, 6) is 0.613. The number of hydrogen-bond donors (Lipinski definition) is 2. The molecule has 1 aliphatic heterocycles. The van der Waals surface area contributed by atoms with Crippen molar-refractivity contribution in [1.82, 2.24) is 20.0 Å². The predicted octanol–water partition coefficient (Wildman–Crippen LogP) is 3.10. The summed E-state index contributed by atoms with van der Waals surface area (Å²) in [6.07, 6.45) is 0. The zero-order valence-electron chi connectivity index (χ0n) is 18.6. The van der Waals surface area contributed by atoms with E-state index in [2.05, 4.69) is 15.7 Å². The van der Waals surface area contributed by atoms with Crippen molar-refractivity contribution in [3.8, 4) is 5.69 Å². The molecule has 1 unspecified atom stereocenters. The molecule has 1 saturated heterocycles. The van der Waals surface area contributed by atoms with Gasteiger partial charge in [0.25, 0.3) is 5.91 Å². The van der Waals surface area contributed by atoms with Gasteiger partial charge in [0.15, 0.2) is 0 Å². The van der Waals surface area contributed by atoms with E-state index in [0.717, 1.165) is 16.2 Å². The molecule has 1 atom stereocenters. The topological polar surface area (TPSA) is 109 Å². The van der Waals surface area contributed by atoms with Crippen molar-refractivity contribution in [3.63, 3.8) is 0 Å². The van der Waals surface area contributed by atoms with Crippen LogP contribution in [0, 0.1) is 27.7 Å². The Bertz CT molecular complexity index is 1220. The van der Waals surface area contributed by atoms with Crippen LogP contribution in [0.2, 0.25) is 0 Å². The maximum Gasteiger partial charge on any atom is 0.325 e. The fourth-order valence-corrected chi connectivity index (χ4v) is 3.95. The van der Waals surface area contributed by atoms with E-state index >= 15 is 0 Å². The number of anilines is 1. The fraction of sp³-hybridized carbons (Fsp3) is 0.304. The van der Waals surface area contributed by atoms with E-state index in [-0.39, 0.29) is 0 Å². The van der Waals surface area contributed by atoms with Crippen LogP contribution in [0.1, 0.15) is 35.3 Å². The van der Waals surface area contributed by atoms with Crippen LogP contribution < -0.4 is 10.6 Å². The van der Waals surface area contributed by atoms with E-state index < -0.39 is 29.9 Å². The van der Waals surface area contributed by atoms with E-state index in [1.165, 1.54) is 0 Å². The lowest BCUT2D eigenvalue weighted by Crippen LogP contribution is -2.42. The second-order valence-electron chi connectivity index (χ2n) is 8.24. The average molecular weight is 435 g/mol. The zero-order valence-corrected chi connectivity index (χ0v) is 18.6. The van der Waals surface area contributed by atoms with Crippen LogP contribution >= 0.6 is 0 Å². The monoisotopic (exact) mass is 435 g/mol. The molecule has 1 aliphatic rings. The number of nitrogens with zero attached hydrogens (tertiary/aromatic N) is 3. The molecule has 0 spiro atoms. The number of rotatable bonds is 5. The predicted molar refractivity (Wildman–Crippen MR) is 117 cm³/mol. The van der Waals surface area contributed by atoms with Crippen LogP contribution in [0.5, 0.6) is 0 Å². The standard InChI is InChI=1S/C23H25N5O4/c1-13-6-8-17(9-7-13)28-19(10-14(2)26-28)24-20(29)12-27-21(30)23(5,25-22(27)31)18-11-15(3)32-16(18)4/h6-11H,12H2,1-5H3,(H,24,29)(H,25,31). The molecular formula is C23H25N5O4. The minimum atomic E-state index is -1.29. The third-order valence-electron chi connectivity index (χ3n) is 5.53. The van der Waals surface area contributed by atoms with Crippen molar-refractivity contribution < 1.29 is 18.8 Å². The molecule has 3 aromatic rings. The summed E-state index contributed by atoms with van der Waals surface area (Å²) >= 11 is 0. The maximum atomic E-state index is 13.1. The maximum absolute atomic E-state index is 13.1. The molecule has 32 heavy (non-hydrogen) atoms. The van der Waals surface area contributed by atoms with Crippen LogP contribution in [0.15, 0.2) is 40.8 Å². The van der Waals surface area contributed by atoms with E-state index in [1.807, 2.05) is 38.1 Å². The highest BCUT2D eigenvalue weighted by Crippen LogP contribution is 2.32. The molecule has 2 N–H and O–H groups in total. The normalized spacial score (nSPS) is 18.2. The first kappa shape index (κ1) is 21.4. The number of urea groups is 1. The van der Waals surface area contributed by atoms with Crippen LogP contribution in [-0.4, -0.2) is 39.1 Å². The van der Waals surface area contributed by atoms with Gasteiger partial charge in [0.05, 0.1) is 11.4 Å². The Balaban J connectivity index is 1.53. The third kappa shape index (κ3) is 3.66. The molecule has 9 heteroatoms. The van der Waals surface area contributed by atoms with Gasteiger partial charge in [0.1, 0.15) is 29.4 Å². The Kier molecular flexibility index (Phi) is 5.12. The Morgan fingerprint density at radius 2 is 1.81 bits per heavy atom. The zero-order chi connectivity index (χ0) is 23.2. The highest BCUT2D eigenvalue weighted by atomic mass is 16.3. The number of aryl methyl sites for hydroxylation is 4. The molecule has 0 bridgehead atoms. The summed E-state index contributed by atoms with van der Waals surface area (Å²) in [4.78, 5) is 39.4. The largest absolute Gasteiger partial charge is 0.466 e. The summed E-state index contributed by atoms with van der Waals surface area (Å²) in [5.41, 5.74) is 1.89. The third-order valence-corrected chi connectivity index (χ3v) is 5.53. The van der Waals surface area contributed by atoms with Crippen LogP contribution in [-0.2, 0) is 15.1 Å². The van der Waals surface area contributed by atoms with Crippen LogP contribution in [0.3, 0.4) is 0 Å². The molecule has 3 heterocycles. The number of imide groups is 1. The van der Waals surface area contributed by atoms with Crippen LogP contribution in [0.4, 0.5) is 10.6 Å². The molecule has 4 rings (SSSR count). The van der Waals surface area contributed by atoms with E-state index in [1.54, 1.807) is 37.6 Å². The van der Waals surface area contributed by atoms with Gasteiger partial charge in [-0.05, 0) is 52.8 Å². The molecule has 9 nitrogen and oxygen atoms in total. The molecule has 1 fully saturated rings. The number of amides is 4. The summed E-state index contributed by atoms with van der Waals surface area (Å²) in [6, 6.07) is 10.5. The molecule has 1 aromatic carbocycles. The van der Waals surface area contributed by atoms with Crippen molar-refractivity contribution in [2.24, 2.45) is 0 Å². The van der Waals surface area contributed by atoms with Crippen molar-refractivity contribution in [2.75, 3.05) is 11.9 Å². The van der Waals surface area contributed by atoms with Gasteiger partial charge in [0, 0.05) is 11.6 Å². The number of furan rings is 1. The minimum absolute atomic E-state index is 0.422. The van der Waals surface area contributed by atoms with Crippen molar-refractivity contribution >= 4 is 23.7 Å². The smallest absolute Gasteiger partial charge is 0.325 e. The number of carbonyl (C=O) groups is 3. The number of carbonyl (C=O) groups excluding carboxylic acids is 3. The van der Waals surface area contributed by atoms with Crippen molar-refractivity contribution in [1.29, 1.82) is 0 Å². The van der Waals surface area contributed by atoms with Gasteiger partial charge in [-0.3, -0.25) is 14.5 Å². The lowest BCUT2D eigenvalue weighted by atomic mass is 9.92. The highest BCUT2D eigenvalue weighted by Gasteiger charge is 2.51. The number of aromatic nitrogens is 2. The molecule has 0 radical (unpaired) electrons. The Morgan fingerprint density at radius 3 is 2.44 bits per heavy atom. The van der Waals surface area contributed by atoms with Gasteiger partial charge in [0.2, 0.25) is 5.91 Å².